The van der Waals surface area contributed by atoms with Gasteiger partial charge < -0.3 is 9.64 Å². The van der Waals surface area contributed by atoms with E-state index in [-0.39, 0.29) is 68.6 Å². The van der Waals surface area contributed by atoms with Crippen molar-refractivity contribution in [2.24, 2.45) is 17.3 Å². The number of rotatable bonds is 4. The molecule has 0 spiro atoms. The summed E-state index contributed by atoms with van der Waals surface area (Å²) in [5.74, 6) is -0.320. The van der Waals surface area contributed by atoms with Crippen molar-refractivity contribution in [2.45, 2.75) is 59.9 Å². The van der Waals surface area contributed by atoms with Crippen LogP contribution in [0.15, 0.2) is 0 Å². The molecule has 0 aromatic carbocycles. The van der Waals surface area contributed by atoms with Crippen molar-refractivity contribution < 1.29 is 14.3 Å². The lowest BCUT2D eigenvalue weighted by molar-refractivity contribution is -0.149. The van der Waals surface area contributed by atoms with E-state index in [0.717, 1.165) is 19.4 Å². The Morgan fingerprint density at radius 1 is 1.23 bits per heavy atom. The first-order valence-corrected chi connectivity index (χ1v) is 7.55. The zero-order valence-electron chi connectivity index (χ0n) is 14.7. The fourth-order valence-corrected chi connectivity index (χ4v) is 3.02. The van der Waals surface area contributed by atoms with Crippen molar-refractivity contribution >= 4 is 38.9 Å². The molecule has 1 saturated heterocycles. The van der Waals surface area contributed by atoms with Gasteiger partial charge in [-0.2, -0.15) is 27.0 Å². The Balaban J connectivity index is 0. The molecule has 1 aliphatic rings. The van der Waals surface area contributed by atoms with Crippen LogP contribution in [0, 0.1) is 17.3 Å². The van der Waals surface area contributed by atoms with Crippen molar-refractivity contribution in [1.29, 1.82) is 0 Å². The summed E-state index contributed by atoms with van der Waals surface area (Å²) >= 11 is 0. The van der Waals surface area contributed by atoms with Crippen LogP contribution in [0.3, 0.4) is 0 Å². The predicted molar refractivity (Wildman–Crippen MR) is 99.9 cm³/mol. The van der Waals surface area contributed by atoms with E-state index >= 15 is 0 Å². The van der Waals surface area contributed by atoms with Gasteiger partial charge in [0.25, 0.3) is 0 Å². The molecule has 22 heavy (non-hydrogen) atoms. The number of ether oxygens (including phenoxy) is 1. The fraction of sp³-hybridized carbons (Fsp3) is 0.875. The van der Waals surface area contributed by atoms with Gasteiger partial charge in [0, 0.05) is 12.6 Å². The van der Waals surface area contributed by atoms with Crippen LogP contribution in [0.5, 0.6) is 0 Å². The predicted octanol–water partition coefficient (Wildman–Crippen LogP) is 3.08. The van der Waals surface area contributed by atoms with Crippen LogP contribution in [0.4, 0.5) is 0 Å². The van der Waals surface area contributed by atoms with E-state index in [9.17, 15) is 9.59 Å². The standard InChI is InChI=1S/C16H29NO3.2H2S/c1-11(2)12(10-14(18)20-6)15(19)17-9-7-8-13(17)16(3,4)5;;/h11-13H,7-10H2,1-6H3;2*1H2/t12-,13-;;/m0../s1. The van der Waals surface area contributed by atoms with Crippen LogP contribution in [-0.4, -0.2) is 36.5 Å². The lowest BCUT2D eigenvalue weighted by atomic mass is 9.84. The van der Waals surface area contributed by atoms with Crippen LogP contribution >= 0.6 is 27.0 Å². The highest BCUT2D eigenvalue weighted by molar-refractivity contribution is 7.59. The molecule has 1 fully saturated rings. The van der Waals surface area contributed by atoms with Crippen LogP contribution in [0.25, 0.3) is 0 Å². The Kier molecular flexibility index (Phi) is 10.5. The van der Waals surface area contributed by atoms with E-state index in [4.69, 9.17) is 4.74 Å². The summed E-state index contributed by atoms with van der Waals surface area (Å²) in [6.45, 7) is 11.3. The lowest BCUT2D eigenvalue weighted by Crippen LogP contribution is -2.47. The van der Waals surface area contributed by atoms with Gasteiger partial charge >= 0.3 is 5.97 Å². The molecule has 0 bridgehead atoms. The van der Waals surface area contributed by atoms with Crippen molar-refractivity contribution in [2.75, 3.05) is 13.7 Å². The van der Waals surface area contributed by atoms with E-state index in [1.165, 1.54) is 7.11 Å². The minimum Gasteiger partial charge on any atom is -0.469 e. The molecule has 1 heterocycles. The maximum absolute atomic E-state index is 12.8. The SMILES string of the molecule is COC(=O)C[C@H](C(=O)N1CCC[C@H]1C(C)(C)C)C(C)C.S.S. The number of amides is 1. The van der Waals surface area contributed by atoms with Gasteiger partial charge in [0.05, 0.1) is 19.4 Å². The summed E-state index contributed by atoms with van der Waals surface area (Å²) in [7, 11) is 1.37. The van der Waals surface area contributed by atoms with E-state index in [2.05, 4.69) is 20.8 Å². The van der Waals surface area contributed by atoms with E-state index in [1.54, 1.807) is 0 Å². The Morgan fingerprint density at radius 2 is 1.77 bits per heavy atom. The molecule has 0 unspecified atom stereocenters. The number of methoxy groups -OCH3 is 1. The maximum atomic E-state index is 12.8. The molecule has 132 valence electrons. The molecule has 4 nitrogen and oxygen atoms in total. The average Bonchev–Trinajstić information content (AvgIpc) is 2.83. The highest BCUT2D eigenvalue weighted by Crippen LogP contribution is 2.34. The van der Waals surface area contributed by atoms with Crippen molar-refractivity contribution in [1.82, 2.24) is 4.90 Å². The number of esters is 1. The summed E-state index contributed by atoms with van der Waals surface area (Å²) in [4.78, 5) is 26.3. The third kappa shape index (κ3) is 6.03. The summed E-state index contributed by atoms with van der Waals surface area (Å²) < 4.78 is 4.73. The number of hydrogen-bond acceptors (Lipinski definition) is 3. The second kappa shape index (κ2) is 9.71. The highest BCUT2D eigenvalue weighted by Gasteiger charge is 2.40. The molecular weight excluding hydrogens is 318 g/mol. The third-order valence-corrected chi connectivity index (χ3v) is 4.27. The molecule has 6 heteroatoms. The van der Waals surface area contributed by atoms with Gasteiger partial charge in [0.1, 0.15) is 0 Å². The molecule has 1 aliphatic heterocycles. The first kappa shape index (κ1) is 23.9. The second-order valence-corrected chi connectivity index (χ2v) is 7.19. The van der Waals surface area contributed by atoms with Gasteiger partial charge in [-0.1, -0.05) is 34.6 Å². The first-order chi connectivity index (χ1) is 9.18. The van der Waals surface area contributed by atoms with Gasteiger partial charge in [0.15, 0.2) is 0 Å². The quantitative estimate of drug-likeness (QED) is 0.731. The van der Waals surface area contributed by atoms with Gasteiger partial charge in [-0.25, -0.2) is 0 Å². The molecule has 1 rings (SSSR count). The number of nitrogens with zero attached hydrogens (tertiary/aromatic N) is 1. The number of carbonyl (C=O) groups is 2. The van der Waals surface area contributed by atoms with Crippen molar-refractivity contribution in [3.05, 3.63) is 0 Å². The molecular formula is C16H33NO3S2. The normalized spacial score (nSPS) is 19.2. The molecule has 0 aromatic heterocycles. The zero-order valence-corrected chi connectivity index (χ0v) is 16.7. The lowest BCUT2D eigenvalue weighted by Gasteiger charge is -2.37. The first-order valence-electron chi connectivity index (χ1n) is 7.55. The van der Waals surface area contributed by atoms with Gasteiger partial charge in [-0.15, -0.1) is 0 Å². The minimum atomic E-state index is -0.302. The molecule has 0 aromatic rings. The monoisotopic (exact) mass is 351 g/mol. The zero-order chi connectivity index (χ0) is 15.5. The Hall–Kier alpha value is -0.360. The smallest absolute Gasteiger partial charge is 0.306 e. The van der Waals surface area contributed by atoms with Crippen molar-refractivity contribution in [3.8, 4) is 0 Å². The maximum Gasteiger partial charge on any atom is 0.306 e. The van der Waals surface area contributed by atoms with Gasteiger partial charge in [-0.3, -0.25) is 9.59 Å². The molecule has 0 aliphatic carbocycles. The van der Waals surface area contributed by atoms with Crippen LogP contribution in [-0.2, 0) is 14.3 Å². The molecule has 2 atom stereocenters. The average molecular weight is 352 g/mol. The number of likely N-dealkylation sites (tertiary alicyclic amines) is 1. The van der Waals surface area contributed by atoms with E-state index in [1.807, 2.05) is 18.7 Å². The Bertz CT molecular complexity index is 367. The molecule has 1 amide bonds. The van der Waals surface area contributed by atoms with E-state index < -0.39 is 0 Å². The van der Waals surface area contributed by atoms with Crippen LogP contribution in [0.2, 0.25) is 0 Å². The minimum absolute atomic E-state index is 0. The summed E-state index contributed by atoms with van der Waals surface area (Å²) in [5.41, 5.74) is 0.0823. The summed E-state index contributed by atoms with van der Waals surface area (Å²) in [6, 6.07) is 0.272. The Labute approximate surface area is 149 Å². The van der Waals surface area contributed by atoms with Crippen LogP contribution in [0.1, 0.15) is 53.9 Å². The third-order valence-electron chi connectivity index (χ3n) is 4.27. The van der Waals surface area contributed by atoms with Crippen molar-refractivity contribution in [3.63, 3.8) is 0 Å². The van der Waals surface area contributed by atoms with Crippen LogP contribution < -0.4 is 0 Å². The molecule has 0 radical (unpaired) electrons. The number of carbonyl (C=O) groups excluding carboxylic acids is 2. The molecule has 0 saturated carbocycles. The number of hydrogen-bond donors (Lipinski definition) is 0. The van der Waals surface area contributed by atoms with E-state index in [0.29, 0.717) is 0 Å². The Morgan fingerprint density at radius 3 is 2.18 bits per heavy atom. The molecule has 0 N–H and O–H groups in total. The van der Waals surface area contributed by atoms with Gasteiger partial charge in [-0.05, 0) is 24.2 Å². The fourth-order valence-electron chi connectivity index (χ4n) is 3.02. The highest BCUT2D eigenvalue weighted by atomic mass is 32.1. The summed E-state index contributed by atoms with van der Waals surface area (Å²) in [5, 5.41) is 0. The van der Waals surface area contributed by atoms with Gasteiger partial charge in [0.2, 0.25) is 5.91 Å². The summed E-state index contributed by atoms with van der Waals surface area (Å²) in [6.07, 6.45) is 2.29. The second-order valence-electron chi connectivity index (χ2n) is 7.19. The largest absolute Gasteiger partial charge is 0.469 e. The topological polar surface area (TPSA) is 46.6 Å².